The van der Waals surface area contributed by atoms with Crippen molar-refractivity contribution in [1.29, 1.82) is 0 Å². The maximum Gasteiger partial charge on any atom is 0.129 e. The van der Waals surface area contributed by atoms with E-state index in [9.17, 15) is 4.79 Å². The zero-order valence-electron chi connectivity index (χ0n) is 16.3. The van der Waals surface area contributed by atoms with Crippen LogP contribution in [0.5, 0.6) is 0 Å². The smallest absolute Gasteiger partial charge is 0.129 e. The maximum atomic E-state index is 11.5. The van der Waals surface area contributed by atoms with Crippen LogP contribution in [0.3, 0.4) is 0 Å². The quantitative estimate of drug-likeness (QED) is 0.596. The highest BCUT2D eigenvalue weighted by molar-refractivity contribution is 7.99. The Morgan fingerprint density at radius 1 is 1.30 bits per heavy atom. The van der Waals surface area contributed by atoms with E-state index in [4.69, 9.17) is 4.42 Å². The molecule has 1 aliphatic heterocycles. The Balaban J connectivity index is 0.00000261. The minimum absolute atomic E-state index is 0. The molecule has 6 heteroatoms. The number of fused-ring (bicyclic) bond motifs is 1. The average molecular weight is 409 g/mol. The third-order valence-electron chi connectivity index (χ3n) is 4.60. The summed E-state index contributed by atoms with van der Waals surface area (Å²) in [5, 5.41) is 0.289. The lowest BCUT2D eigenvalue weighted by Gasteiger charge is -2.33. The molecule has 0 fully saturated rings. The van der Waals surface area contributed by atoms with Crippen LogP contribution in [-0.4, -0.2) is 41.6 Å². The van der Waals surface area contributed by atoms with Gasteiger partial charge in [-0.2, -0.15) is 0 Å². The Kier molecular flexibility index (Phi) is 8.42. The van der Waals surface area contributed by atoms with Crippen LogP contribution in [-0.2, 0) is 24.3 Å². The molecule has 0 radical (unpaired) electrons. The van der Waals surface area contributed by atoms with Gasteiger partial charge in [0.2, 0.25) is 0 Å². The minimum Gasteiger partial charge on any atom is -0.463 e. The third-order valence-corrected chi connectivity index (χ3v) is 5.95. The summed E-state index contributed by atoms with van der Waals surface area (Å²) in [5.41, 5.74) is 1.34. The van der Waals surface area contributed by atoms with E-state index < -0.39 is 0 Å². The molecule has 2 aromatic rings. The van der Waals surface area contributed by atoms with E-state index in [-0.39, 0.29) is 23.6 Å². The first kappa shape index (κ1) is 22.0. The fourth-order valence-electron chi connectivity index (χ4n) is 3.34. The highest BCUT2D eigenvalue weighted by Crippen LogP contribution is 2.33. The van der Waals surface area contributed by atoms with Crippen LogP contribution >= 0.6 is 24.2 Å². The van der Waals surface area contributed by atoms with Crippen molar-refractivity contribution in [1.82, 2.24) is 9.80 Å². The molecule has 0 spiro atoms. The van der Waals surface area contributed by atoms with Crippen LogP contribution in [0.4, 0.5) is 0 Å². The normalized spacial score (nSPS) is 15.3. The molecule has 1 aliphatic rings. The standard InChI is InChI=1S/C21H28N2O2S.ClH/c1-16(24)9-10-21(26-19-7-5-4-6-8-19)23-12-11-17-13-18(14-22(2)3)25-20(17)15-23;/h4-8,13,21H,9-12,14-15H2,1-3H3;1H. The second-order valence-corrected chi connectivity index (χ2v) is 8.50. The first-order valence-corrected chi connectivity index (χ1v) is 10.1. The lowest BCUT2D eigenvalue weighted by atomic mass is 10.1. The number of Topliss-reactive ketones (excluding diaryl/α,β-unsaturated/α-hetero) is 1. The van der Waals surface area contributed by atoms with Gasteiger partial charge in [0.25, 0.3) is 0 Å². The Labute approximate surface area is 172 Å². The van der Waals surface area contributed by atoms with Gasteiger partial charge in [-0.25, -0.2) is 0 Å². The summed E-state index contributed by atoms with van der Waals surface area (Å²) in [6.45, 7) is 4.35. The topological polar surface area (TPSA) is 36.7 Å². The molecule has 0 saturated carbocycles. The molecular weight excluding hydrogens is 380 g/mol. The number of hydrogen-bond donors (Lipinski definition) is 0. The average Bonchev–Trinajstić information content (AvgIpc) is 2.99. The number of carbonyl (C=O) groups is 1. The molecule has 2 heterocycles. The van der Waals surface area contributed by atoms with E-state index in [0.717, 1.165) is 44.0 Å². The third kappa shape index (κ3) is 6.39. The predicted octanol–water partition coefficient (Wildman–Crippen LogP) is 4.61. The zero-order valence-corrected chi connectivity index (χ0v) is 17.9. The Bertz CT molecular complexity index is 733. The number of halogens is 1. The molecule has 0 amide bonds. The van der Waals surface area contributed by atoms with Gasteiger partial charge in [-0.1, -0.05) is 18.2 Å². The summed E-state index contributed by atoms with van der Waals surface area (Å²) >= 11 is 1.85. The first-order valence-electron chi connectivity index (χ1n) is 9.21. The lowest BCUT2D eigenvalue weighted by molar-refractivity contribution is -0.117. The van der Waals surface area contributed by atoms with E-state index in [2.05, 4.69) is 54.2 Å². The summed E-state index contributed by atoms with van der Waals surface area (Å²) in [6, 6.07) is 12.7. The fourth-order valence-corrected chi connectivity index (χ4v) is 4.53. The molecule has 1 aromatic carbocycles. The predicted molar refractivity (Wildman–Crippen MR) is 113 cm³/mol. The number of benzene rings is 1. The molecule has 0 bridgehead atoms. The van der Waals surface area contributed by atoms with Crippen LogP contribution in [0.2, 0.25) is 0 Å². The van der Waals surface area contributed by atoms with Crippen molar-refractivity contribution in [3.8, 4) is 0 Å². The first-order chi connectivity index (χ1) is 12.5. The number of ketones is 1. The summed E-state index contributed by atoms with van der Waals surface area (Å²) in [4.78, 5) is 17.4. The molecule has 3 rings (SSSR count). The van der Waals surface area contributed by atoms with Crippen LogP contribution in [0.15, 0.2) is 45.7 Å². The minimum atomic E-state index is 0. The largest absolute Gasteiger partial charge is 0.463 e. The van der Waals surface area contributed by atoms with Gasteiger partial charge in [-0.05, 0) is 57.6 Å². The van der Waals surface area contributed by atoms with E-state index in [1.807, 2.05) is 17.8 Å². The highest BCUT2D eigenvalue weighted by Gasteiger charge is 2.27. The van der Waals surface area contributed by atoms with Crippen molar-refractivity contribution >= 4 is 30.0 Å². The van der Waals surface area contributed by atoms with Crippen molar-refractivity contribution in [2.75, 3.05) is 20.6 Å². The maximum absolute atomic E-state index is 11.5. The molecular formula is C21H29ClN2O2S. The van der Waals surface area contributed by atoms with Crippen molar-refractivity contribution in [3.05, 3.63) is 53.5 Å². The summed E-state index contributed by atoms with van der Waals surface area (Å²) in [7, 11) is 4.12. The molecule has 1 unspecified atom stereocenters. The van der Waals surface area contributed by atoms with Crippen LogP contribution in [0.25, 0.3) is 0 Å². The van der Waals surface area contributed by atoms with Gasteiger partial charge in [0, 0.05) is 17.9 Å². The Morgan fingerprint density at radius 2 is 2.04 bits per heavy atom. The van der Waals surface area contributed by atoms with Gasteiger partial charge in [0.15, 0.2) is 0 Å². The Morgan fingerprint density at radius 3 is 2.70 bits per heavy atom. The second kappa shape index (κ2) is 10.3. The summed E-state index contributed by atoms with van der Waals surface area (Å²) in [5.74, 6) is 2.39. The molecule has 0 N–H and O–H groups in total. The molecule has 27 heavy (non-hydrogen) atoms. The lowest BCUT2D eigenvalue weighted by Crippen LogP contribution is -2.37. The van der Waals surface area contributed by atoms with Crippen LogP contribution in [0.1, 0.15) is 36.8 Å². The molecule has 1 aromatic heterocycles. The van der Waals surface area contributed by atoms with E-state index >= 15 is 0 Å². The van der Waals surface area contributed by atoms with Crippen LogP contribution in [0, 0.1) is 0 Å². The van der Waals surface area contributed by atoms with Gasteiger partial charge in [-0.15, -0.1) is 24.2 Å². The second-order valence-electron chi connectivity index (χ2n) is 7.25. The summed E-state index contributed by atoms with van der Waals surface area (Å²) < 4.78 is 6.11. The number of furan rings is 1. The van der Waals surface area contributed by atoms with Crippen LogP contribution < -0.4 is 0 Å². The molecule has 4 nitrogen and oxygen atoms in total. The number of rotatable bonds is 8. The summed E-state index contributed by atoms with van der Waals surface area (Å²) in [6.07, 6.45) is 2.51. The van der Waals surface area contributed by atoms with Crippen molar-refractivity contribution in [2.24, 2.45) is 0 Å². The van der Waals surface area contributed by atoms with E-state index in [1.165, 1.54) is 10.5 Å². The van der Waals surface area contributed by atoms with Gasteiger partial charge in [0.05, 0.1) is 18.5 Å². The monoisotopic (exact) mass is 408 g/mol. The van der Waals surface area contributed by atoms with Gasteiger partial charge < -0.3 is 14.1 Å². The Hall–Kier alpha value is -1.27. The number of carbonyl (C=O) groups excluding carboxylic acids is 1. The number of nitrogens with zero attached hydrogens (tertiary/aromatic N) is 2. The highest BCUT2D eigenvalue weighted by atomic mass is 35.5. The van der Waals surface area contributed by atoms with Gasteiger partial charge in [0.1, 0.15) is 17.3 Å². The fraction of sp³-hybridized carbons (Fsp3) is 0.476. The molecule has 0 saturated heterocycles. The van der Waals surface area contributed by atoms with Crippen molar-refractivity contribution in [3.63, 3.8) is 0 Å². The molecule has 1 atom stereocenters. The number of hydrogen-bond acceptors (Lipinski definition) is 5. The van der Waals surface area contributed by atoms with Crippen molar-refractivity contribution < 1.29 is 9.21 Å². The SMILES string of the molecule is CC(=O)CCC(Sc1ccccc1)N1CCc2cc(CN(C)C)oc2C1.Cl. The van der Waals surface area contributed by atoms with E-state index in [0.29, 0.717) is 6.42 Å². The van der Waals surface area contributed by atoms with E-state index in [1.54, 1.807) is 6.92 Å². The molecule has 0 aliphatic carbocycles. The molecule has 148 valence electrons. The van der Waals surface area contributed by atoms with Crippen molar-refractivity contribution in [2.45, 2.75) is 49.5 Å². The van der Waals surface area contributed by atoms with Gasteiger partial charge in [-0.3, -0.25) is 4.90 Å². The zero-order chi connectivity index (χ0) is 18.5. The number of thioether (sulfide) groups is 1. The van der Waals surface area contributed by atoms with Gasteiger partial charge >= 0.3 is 0 Å².